The average molecular weight is 397 g/mol. The molecule has 2 rings (SSSR count). The maximum absolute atomic E-state index is 12.3. The summed E-state index contributed by atoms with van der Waals surface area (Å²) in [5.74, 6) is -0.820. The van der Waals surface area contributed by atoms with E-state index in [4.69, 9.17) is 34.8 Å². The van der Waals surface area contributed by atoms with E-state index >= 15 is 0 Å². The summed E-state index contributed by atoms with van der Waals surface area (Å²) < 4.78 is 0. The van der Waals surface area contributed by atoms with Crippen molar-refractivity contribution in [3.8, 4) is 6.07 Å². The zero-order valence-corrected chi connectivity index (χ0v) is 14.6. The number of benzene rings is 2. The predicted octanol–water partition coefficient (Wildman–Crippen LogP) is 5.10. The van der Waals surface area contributed by atoms with Crippen LogP contribution in [0, 0.1) is 21.4 Å². The molecule has 0 aliphatic carbocycles. The molecule has 6 nitrogen and oxygen atoms in total. The van der Waals surface area contributed by atoms with Crippen LogP contribution in [0.25, 0.3) is 6.08 Å². The van der Waals surface area contributed by atoms with Gasteiger partial charge in [-0.1, -0.05) is 40.9 Å². The third-order valence-electron chi connectivity index (χ3n) is 3.03. The standard InChI is InChI=1S/C16H8Cl3N3O3/c17-11-2-1-9(13(19)6-11)5-10(8-20)16(23)21-14-4-3-12(18)7-15(14)22(24)25/h1-7H,(H,21,23)/b10-5-. The van der Waals surface area contributed by atoms with Crippen LogP contribution in [0.5, 0.6) is 0 Å². The fraction of sp³-hybridized carbons (Fsp3) is 0. The van der Waals surface area contributed by atoms with Gasteiger partial charge in [-0.25, -0.2) is 0 Å². The zero-order valence-electron chi connectivity index (χ0n) is 12.3. The fourth-order valence-corrected chi connectivity index (χ4v) is 2.50. The second kappa shape index (κ2) is 7.99. The second-order valence-electron chi connectivity index (χ2n) is 4.71. The van der Waals surface area contributed by atoms with Crippen molar-refractivity contribution in [3.63, 3.8) is 0 Å². The van der Waals surface area contributed by atoms with Crippen molar-refractivity contribution in [1.82, 2.24) is 0 Å². The van der Waals surface area contributed by atoms with Gasteiger partial charge in [0.05, 0.1) is 4.92 Å². The van der Waals surface area contributed by atoms with Crippen LogP contribution in [0.15, 0.2) is 42.0 Å². The van der Waals surface area contributed by atoms with Crippen molar-refractivity contribution in [3.05, 3.63) is 72.7 Å². The van der Waals surface area contributed by atoms with Crippen LogP contribution in [0.4, 0.5) is 11.4 Å². The molecule has 0 aliphatic rings. The van der Waals surface area contributed by atoms with E-state index in [1.165, 1.54) is 24.3 Å². The number of nitriles is 1. The Balaban J connectivity index is 2.34. The first-order chi connectivity index (χ1) is 11.8. The Morgan fingerprint density at radius 1 is 1.16 bits per heavy atom. The monoisotopic (exact) mass is 395 g/mol. The van der Waals surface area contributed by atoms with E-state index in [9.17, 15) is 20.2 Å². The van der Waals surface area contributed by atoms with Crippen LogP contribution in [0.2, 0.25) is 15.1 Å². The van der Waals surface area contributed by atoms with Crippen LogP contribution in [-0.4, -0.2) is 10.8 Å². The summed E-state index contributed by atoms with van der Waals surface area (Å²) in [6, 6.07) is 10.1. The van der Waals surface area contributed by atoms with E-state index in [-0.39, 0.29) is 27.0 Å². The zero-order chi connectivity index (χ0) is 18.6. The largest absolute Gasteiger partial charge is 0.316 e. The molecule has 25 heavy (non-hydrogen) atoms. The maximum Gasteiger partial charge on any atom is 0.294 e. The highest BCUT2D eigenvalue weighted by Crippen LogP contribution is 2.28. The summed E-state index contributed by atoms with van der Waals surface area (Å²) in [4.78, 5) is 22.6. The number of carbonyl (C=O) groups excluding carboxylic acids is 1. The summed E-state index contributed by atoms with van der Waals surface area (Å²) in [5, 5.41) is 23.4. The topological polar surface area (TPSA) is 96.0 Å². The molecule has 1 N–H and O–H groups in total. The Kier molecular flexibility index (Phi) is 5.99. The van der Waals surface area contributed by atoms with Gasteiger partial charge in [-0.3, -0.25) is 14.9 Å². The highest BCUT2D eigenvalue weighted by Gasteiger charge is 2.18. The van der Waals surface area contributed by atoms with Crippen molar-refractivity contribution in [1.29, 1.82) is 5.26 Å². The number of amides is 1. The van der Waals surface area contributed by atoms with Gasteiger partial charge in [0.1, 0.15) is 17.3 Å². The molecule has 0 unspecified atom stereocenters. The van der Waals surface area contributed by atoms with Gasteiger partial charge in [-0.15, -0.1) is 0 Å². The number of halogens is 3. The number of carbonyl (C=O) groups is 1. The molecule has 0 saturated carbocycles. The molecule has 0 radical (unpaired) electrons. The van der Waals surface area contributed by atoms with E-state index in [0.717, 1.165) is 6.07 Å². The van der Waals surface area contributed by atoms with Gasteiger partial charge in [-0.2, -0.15) is 5.26 Å². The van der Waals surface area contributed by atoms with E-state index in [2.05, 4.69) is 5.32 Å². The Morgan fingerprint density at radius 3 is 2.40 bits per heavy atom. The van der Waals surface area contributed by atoms with Gasteiger partial charge in [0.2, 0.25) is 0 Å². The van der Waals surface area contributed by atoms with Gasteiger partial charge in [0.15, 0.2) is 0 Å². The number of nitro groups is 1. The minimum Gasteiger partial charge on any atom is -0.316 e. The normalized spacial score (nSPS) is 10.9. The van der Waals surface area contributed by atoms with Gasteiger partial charge in [-0.05, 0) is 35.9 Å². The van der Waals surface area contributed by atoms with E-state index in [0.29, 0.717) is 10.6 Å². The Morgan fingerprint density at radius 2 is 1.80 bits per heavy atom. The van der Waals surface area contributed by atoms with Crippen LogP contribution < -0.4 is 5.32 Å². The molecule has 0 aliphatic heterocycles. The van der Waals surface area contributed by atoms with Gasteiger partial charge < -0.3 is 5.32 Å². The van der Waals surface area contributed by atoms with Crippen LogP contribution >= 0.6 is 34.8 Å². The third-order valence-corrected chi connectivity index (χ3v) is 3.83. The first-order valence-corrected chi connectivity index (χ1v) is 7.77. The maximum atomic E-state index is 12.3. The molecule has 0 saturated heterocycles. The van der Waals surface area contributed by atoms with Gasteiger partial charge in [0, 0.05) is 21.1 Å². The smallest absolute Gasteiger partial charge is 0.294 e. The van der Waals surface area contributed by atoms with Crippen molar-refractivity contribution in [2.24, 2.45) is 0 Å². The molecule has 0 atom stereocenters. The SMILES string of the molecule is N#C/C(=C/c1ccc(Cl)cc1Cl)C(=O)Nc1ccc(Cl)cc1[N+](=O)[O-]. The average Bonchev–Trinajstić information content (AvgIpc) is 2.55. The molecule has 0 fully saturated rings. The quantitative estimate of drug-likeness (QED) is 0.336. The lowest BCUT2D eigenvalue weighted by Gasteiger charge is -2.06. The molecule has 2 aromatic carbocycles. The number of hydrogen-bond donors (Lipinski definition) is 1. The van der Waals surface area contributed by atoms with E-state index < -0.39 is 10.8 Å². The van der Waals surface area contributed by atoms with Gasteiger partial charge in [0.25, 0.3) is 11.6 Å². The van der Waals surface area contributed by atoms with Crippen LogP contribution in [0.1, 0.15) is 5.56 Å². The minimum absolute atomic E-state index is 0.0808. The molecular weight excluding hydrogens is 389 g/mol. The molecule has 0 bridgehead atoms. The summed E-state index contributed by atoms with van der Waals surface area (Å²) in [5.41, 5.74) is -0.345. The number of nitro benzene ring substituents is 1. The molecule has 0 spiro atoms. The summed E-state index contributed by atoms with van der Waals surface area (Å²) in [6.07, 6.45) is 1.26. The Labute approximate surface area is 157 Å². The van der Waals surface area contributed by atoms with Crippen molar-refractivity contribution >= 4 is 58.2 Å². The molecule has 0 heterocycles. The number of anilines is 1. The molecule has 9 heteroatoms. The lowest BCUT2D eigenvalue weighted by molar-refractivity contribution is -0.383. The molecule has 1 amide bonds. The van der Waals surface area contributed by atoms with E-state index in [1.807, 2.05) is 0 Å². The van der Waals surface area contributed by atoms with E-state index in [1.54, 1.807) is 18.2 Å². The Hall–Kier alpha value is -2.59. The Bertz CT molecular complexity index is 936. The summed E-state index contributed by atoms with van der Waals surface area (Å²) >= 11 is 17.5. The molecular formula is C16H8Cl3N3O3. The fourth-order valence-electron chi connectivity index (χ4n) is 1.87. The van der Waals surface area contributed by atoms with Crippen molar-refractivity contribution in [2.45, 2.75) is 0 Å². The number of nitrogens with one attached hydrogen (secondary N) is 1. The minimum atomic E-state index is -0.820. The van der Waals surface area contributed by atoms with Crippen LogP contribution in [0.3, 0.4) is 0 Å². The first kappa shape index (κ1) is 18.7. The summed E-state index contributed by atoms with van der Waals surface area (Å²) in [6.45, 7) is 0. The molecule has 0 aromatic heterocycles. The number of nitrogens with zero attached hydrogens (tertiary/aromatic N) is 2. The van der Waals surface area contributed by atoms with Crippen molar-refractivity contribution in [2.75, 3.05) is 5.32 Å². The molecule has 2 aromatic rings. The number of hydrogen-bond acceptors (Lipinski definition) is 4. The molecule has 126 valence electrons. The second-order valence-corrected chi connectivity index (χ2v) is 5.99. The number of rotatable bonds is 4. The lowest BCUT2D eigenvalue weighted by atomic mass is 10.1. The highest BCUT2D eigenvalue weighted by molar-refractivity contribution is 6.35. The van der Waals surface area contributed by atoms with Gasteiger partial charge >= 0.3 is 0 Å². The third kappa shape index (κ3) is 4.70. The lowest BCUT2D eigenvalue weighted by Crippen LogP contribution is -2.14. The predicted molar refractivity (Wildman–Crippen MR) is 96.8 cm³/mol. The van der Waals surface area contributed by atoms with Crippen molar-refractivity contribution < 1.29 is 9.72 Å². The van der Waals surface area contributed by atoms with Crippen LogP contribution in [-0.2, 0) is 4.79 Å². The highest BCUT2D eigenvalue weighted by atomic mass is 35.5. The summed E-state index contributed by atoms with van der Waals surface area (Å²) in [7, 11) is 0. The first-order valence-electron chi connectivity index (χ1n) is 6.64.